The van der Waals surface area contributed by atoms with Gasteiger partial charge in [0.2, 0.25) is 0 Å². The molecule has 104 valence electrons. The topological polar surface area (TPSA) is 74.0 Å². The number of hydrogen-bond donors (Lipinski definition) is 3. The molecule has 0 aromatic heterocycles. The van der Waals surface area contributed by atoms with Crippen molar-refractivity contribution in [2.45, 2.75) is 0 Å². The minimum Gasteiger partial charge on any atom is -0.504 e. The normalized spacial score (nSPS) is 14.0. The summed E-state index contributed by atoms with van der Waals surface area (Å²) in [5, 5.41) is 12.9. The molecule has 0 saturated heterocycles. The van der Waals surface area contributed by atoms with E-state index in [1.54, 1.807) is 12.1 Å². The van der Waals surface area contributed by atoms with E-state index in [2.05, 4.69) is 21.3 Å². The molecule has 0 fully saturated rings. The van der Waals surface area contributed by atoms with Crippen molar-refractivity contribution in [3.63, 3.8) is 0 Å². The zero-order chi connectivity index (χ0) is 13.8. The van der Waals surface area contributed by atoms with Crippen LogP contribution in [0.1, 0.15) is 0 Å². The largest absolute Gasteiger partial charge is 0.504 e. The molecule has 1 aliphatic heterocycles. The van der Waals surface area contributed by atoms with Gasteiger partial charge in [-0.2, -0.15) is 0 Å². The summed E-state index contributed by atoms with van der Waals surface area (Å²) >= 11 is 0. The Hall–Kier alpha value is -2.24. The molecule has 6 nitrogen and oxygen atoms in total. The third-order valence-corrected chi connectivity index (χ3v) is 3.00. The van der Waals surface area contributed by atoms with Crippen molar-refractivity contribution < 1.29 is 9.84 Å². The molecule has 6 heteroatoms. The molecule has 2 rings (SSSR count). The summed E-state index contributed by atoms with van der Waals surface area (Å²) in [5.74, 6) is 0.465. The highest BCUT2D eigenvalue weighted by molar-refractivity contribution is 5.71. The number of nitrogens with one attached hydrogen (secondary N) is 1. The van der Waals surface area contributed by atoms with E-state index in [0.717, 1.165) is 25.4 Å². The number of nitrogens with zero attached hydrogens (tertiary/aromatic N) is 2. The van der Waals surface area contributed by atoms with Crippen molar-refractivity contribution in [2.24, 2.45) is 0 Å². The Morgan fingerprint density at radius 3 is 2.84 bits per heavy atom. The minimum atomic E-state index is 0.0833. The number of phenolic OH excluding ortho intramolecular Hbond substituents is 1. The Kier molecular flexibility index (Phi) is 3.89. The summed E-state index contributed by atoms with van der Waals surface area (Å²) in [6.45, 7) is 2.51. The first-order valence-corrected chi connectivity index (χ1v) is 6.13. The van der Waals surface area contributed by atoms with E-state index in [1.807, 2.05) is 13.2 Å². The van der Waals surface area contributed by atoms with Gasteiger partial charge in [-0.15, -0.1) is 0 Å². The summed E-state index contributed by atoms with van der Waals surface area (Å²) < 4.78 is 5.00. The summed E-state index contributed by atoms with van der Waals surface area (Å²) in [5.41, 5.74) is 7.17. The van der Waals surface area contributed by atoms with Crippen LogP contribution in [0.3, 0.4) is 0 Å². The highest BCUT2D eigenvalue weighted by Gasteiger charge is 2.09. The van der Waals surface area contributed by atoms with Crippen molar-refractivity contribution in [2.75, 3.05) is 45.0 Å². The number of anilines is 2. The standard InChI is InChI=1S/C13H20N4O2/c1-16-5-6-17(9-16)4-3-15-11-8-12(18)13(19-2)7-10(11)14/h5-8,15,18H,3-4,9,14H2,1-2H3. The molecular formula is C13H20N4O2. The number of phenols is 1. The number of methoxy groups -OCH3 is 1. The van der Waals surface area contributed by atoms with Crippen LogP contribution in [0.25, 0.3) is 0 Å². The predicted molar refractivity (Wildman–Crippen MR) is 76.0 cm³/mol. The minimum absolute atomic E-state index is 0.0833. The molecule has 0 amide bonds. The van der Waals surface area contributed by atoms with Crippen molar-refractivity contribution in [1.29, 1.82) is 0 Å². The maximum atomic E-state index is 9.71. The molecule has 0 unspecified atom stereocenters. The highest BCUT2D eigenvalue weighted by Crippen LogP contribution is 2.33. The Bertz CT molecular complexity index is 476. The van der Waals surface area contributed by atoms with E-state index < -0.39 is 0 Å². The van der Waals surface area contributed by atoms with Crippen molar-refractivity contribution in [3.8, 4) is 11.5 Å². The van der Waals surface area contributed by atoms with Gasteiger partial charge < -0.3 is 30.7 Å². The molecule has 1 aliphatic rings. The van der Waals surface area contributed by atoms with Crippen LogP contribution in [0.5, 0.6) is 11.5 Å². The second-order valence-corrected chi connectivity index (χ2v) is 4.55. The van der Waals surface area contributed by atoms with Gasteiger partial charge in [-0.1, -0.05) is 0 Å². The Balaban J connectivity index is 1.89. The lowest BCUT2D eigenvalue weighted by Crippen LogP contribution is -2.27. The molecule has 0 radical (unpaired) electrons. The maximum Gasteiger partial charge on any atom is 0.162 e. The lowest BCUT2D eigenvalue weighted by Gasteiger charge is -2.19. The third-order valence-electron chi connectivity index (χ3n) is 3.00. The molecule has 4 N–H and O–H groups in total. The monoisotopic (exact) mass is 264 g/mol. The predicted octanol–water partition coefficient (Wildman–Crippen LogP) is 1.07. The second kappa shape index (κ2) is 5.60. The second-order valence-electron chi connectivity index (χ2n) is 4.55. The van der Waals surface area contributed by atoms with Gasteiger partial charge in [-0.3, -0.25) is 0 Å². The zero-order valence-electron chi connectivity index (χ0n) is 11.3. The van der Waals surface area contributed by atoms with Crippen LogP contribution in [0.2, 0.25) is 0 Å². The maximum absolute atomic E-state index is 9.71. The van der Waals surface area contributed by atoms with Gasteiger partial charge in [0, 0.05) is 44.7 Å². The van der Waals surface area contributed by atoms with Crippen LogP contribution in [0.4, 0.5) is 11.4 Å². The lowest BCUT2D eigenvalue weighted by molar-refractivity contribution is 0.305. The molecule has 1 aromatic carbocycles. The first-order valence-electron chi connectivity index (χ1n) is 6.13. The number of hydrogen-bond acceptors (Lipinski definition) is 6. The molecule has 0 saturated carbocycles. The Morgan fingerprint density at radius 1 is 1.42 bits per heavy atom. The summed E-state index contributed by atoms with van der Waals surface area (Å²) in [4.78, 5) is 4.29. The number of ether oxygens (including phenoxy) is 1. The number of aromatic hydroxyl groups is 1. The molecular weight excluding hydrogens is 244 g/mol. The number of benzene rings is 1. The van der Waals surface area contributed by atoms with Crippen molar-refractivity contribution >= 4 is 11.4 Å². The highest BCUT2D eigenvalue weighted by atomic mass is 16.5. The van der Waals surface area contributed by atoms with Gasteiger partial charge >= 0.3 is 0 Å². The van der Waals surface area contributed by atoms with Crippen molar-refractivity contribution in [3.05, 3.63) is 24.5 Å². The fraction of sp³-hybridized carbons (Fsp3) is 0.385. The molecule has 0 spiro atoms. The summed E-state index contributed by atoms with van der Waals surface area (Å²) in [6, 6.07) is 3.20. The van der Waals surface area contributed by atoms with E-state index in [1.165, 1.54) is 7.11 Å². The van der Waals surface area contributed by atoms with E-state index in [0.29, 0.717) is 11.4 Å². The van der Waals surface area contributed by atoms with E-state index in [-0.39, 0.29) is 5.75 Å². The molecule has 19 heavy (non-hydrogen) atoms. The Labute approximate surface area is 113 Å². The average Bonchev–Trinajstić information content (AvgIpc) is 2.79. The lowest BCUT2D eigenvalue weighted by atomic mass is 10.2. The first kappa shape index (κ1) is 13.2. The van der Waals surface area contributed by atoms with Gasteiger partial charge in [0.1, 0.15) is 0 Å². The van der Waals surface area contributed by atoms with Crippen LogP contribution in [0, 0.1) is 0 Å². The van der Waals surface area contributed by atoms with Crippen LogP contribution in [-0.4, -0.2) is 48.8 Å². The Morgan fingerprint density at radius 2 is 2.21 bits per heavy atom. The fourth-order valence-electron chi connectivity index (χ4n) is 1.97. The number of nitrogen functional groups attached to an aromatic ring is 1. The third kappa shape index (κ3) is 3.15. The SMILES string of the molecule is COc1cc(N)c(NCCN2C=CN(C)C2)cc1O. The number of nitrogens with two attached hydrogens (primary N) is 1. The van der Waals surface area contributed by atoms with Crippen LogP contribution < -0.4 is 15.8 Å². The van der Waals surface area contributed by atoms with E-state index >= 15 is 0 Å². The van der Waals surface area contributed by atoms with Gasteiger partial charge in [-0.05, 0) is 0 Å². The number of rotatable bonds is 5. The van der Waals surface area contributed by atoms with Gasteiger partial charge in [0.15, 0.2) is 11.5 Å². The zero-order valence-corrected chi connectivity index (χ0v) is 11.3. The fourth-order valence-corrected chi connectivity index (χ4v) is 1.97. The van der Waals surface area contributed by atoms with Crippen LogP contribution in [-0.2, 0) is 0 Å². The van der Waals surface area contributed by atoms with Crippen LogP contribution in [0.15, 0.2) is 24.5 Å². The quantitative estimate of drug-likeness (QED) is 0.546. The van der Waals surface area contributed by atoms with E-state index in [4.69, 9.17) is 10.5 Å². The van der Waals surface area contributed by atoms with Crippen molar-refractivity contribution in [1.82, 2.24) is 9.80 Å². The average molecular weight is 264 g/mol. The summed E-state index contributed by atoms with van der Waals surface area (Å²) in [6.07, 6.45) is 4.09. The summed E-state index contributed by atoms with van der Waals surface area (Å²) in [7, 11) is 3.53. The van der Waals surface area contributed by atoms with E-state index in [9.17, 15) is 5.11 Å². The van der Waals surface area contributed by atoms with Crippen LogP contribution >= 0.6 is 0 Å². The van der Waals surface area contributed by atoms with Gasteiger partial charge in [0.05, 0.1) is 25.2 Å². The smallest absolute Gasteiger partial charge is 0.162 e. The molecule has 1 heterocycles. The van der Waals surface area contributed by atoms with Gasteiger partial charge in [-0.25, -0.2) is 0 Å². The molecule has 0 bridgehead atoms. The van der Waals surface area contributed by atoms with Gasteiger partial charge in [0.25, 0.3) is 0 Å². The molecule has 0 atom stereocenters. The first-order chi connectivity index (χ1) is 9.10. The molecule has 1 aromatic rings. The molecule has 0 aliphatic carbocycles.